The van der Waals surface area contributed by atoms with E-state index < -0.39 is 0 Å². The van der Waals surface area contributed by atoms with Gasteiger partial charge in [-0.3, -0.25) is 4.68 Å². The third kappa shape index (κ3) is 3.33. The monoisotopic (exact) mass is 303 g/mol. The number of nitrogens with zero attached hydrogens (tertiary/aromatic N) is 2. The Morgan fingerprint density at radius 1 is 1.36 bits per heavy atom. The molecule has 6 heteroatoms. The smallest absolute Gasteiger partial charge is 0.203 e. The molecule has 1 atom stereocenters. The average Bonchev–Trinajstić information content (AvgIpc) is 3.05. The molecule has 0 saturated heterocycles. The number of hydrogen-bond donors (Lipinski definition) is 1. The van der Waals surface area contributed by atoms with Gasteiger partial charge in [0.1, 0.15) is 13.2 Å². The largest absolute Gasteiger partial charge is 0.493 e. The summed E-state index contributed by atoms with van der Waals surface area (Å²) in [6.45, 7) is 4.83. The highest BCUT2D eigenvalue weighted by atomic mass is 16.6. The summed E-state index contributed by atoms with van der Waals surface area (Å²) in [5.41, 5.74) is 1.11. The number of fused-ring (bicyclic) bond motifs is 1. The van der Waals surface area contributed by atoms with Crippen LogP contribution in [0.25, 0.3) is 0 Å². The quantitative estimate of drug-likeness (QED) is 0.882. The molecule has 1 aliphatic rings. The molecular formula is C16H21N3O3. The molecule has 2 aromatic rings. The van der Waals surface area contributed by atoms with Gasteiger partial charge >= 0.3 is 0 Å². The molecule has 0 spiro atoms. The van der Waals surface area contributed by atoms with E-state index in [1.165, 1.54) is 0 Å². The predicted molar refractivity (Wildman–Crippen MR) is 82.5 cm³/mol. The van der Waals surface area contributed by atoms with Crippen molar-refractivity contribution in [1.82, 2.24) is 15.1 Å². The van der Waals surface area contributed by atoms with E-state index in [0.29, 0.717) is 30.8 Å². The third-order valence-corrected chi connectivity index (χ3v) is 3.56. The van der Waals surface area contributed by atoms with Crippen molar-refractivity contribution in [2.24, 2.45) is 0 Å². The van der Waals surface area contributed by atoms with E-state index in [1.54, 1.807) is 13.3 Å². The van der Waals surface area contributed by atoms with Crippen LogP contribution in [-0.2, 0) is 13.1 Å². The molecule has 118 valence electrons. The Hall–Kier alpha value is -2.21. The van der Waals surface area contributed by atoms with Crippen LogP contribution in [0.3, 0.4) is 0 Å². The van der Waals surface area contributed by atoms with Crippen molar-refractivity contribution in [2.75, 3.05) is 20.3 Å². The first-order chi connectivity index (χ1) is 10.8. The first kappa shape index (κ1) is 14.7. The zero-order chi connectivity index (χ0) is 15.4. The van der Waals surface area contributed by atoms with E-state index in [2.05, 4.69) is 17.3 Å². The van der Waals surface area contributed by atoms with Crippen molar-refractivity contribution >= 4 is 0 Å². The van der Waals surface area contributed by atoms with Crippen LogP contribution in [0.4, 0.5) is 0 Å². The lowest BCUT2D eigenvalue weighted by Crippen LogP contribution is -2.30. The predicted octanol–water partition coefficient (Wildman–Crippen LogP) is 1.84. The van der Waals surface area contributed by atoms with Crippen molar-refractivity contribution < 1.29 is 14.2 Å². The molecule has 0 amide bonds. The minimum Gasteiger partial charge on any atom is -0.493 e. The fourth-order valence-corrected chi connectivity index (χ4v) is 2.48. The highest BCUT2D eigenvalue weighted by molar-refractivity contribution is 5.54. The normalized spacial score (nSPS) is 14.6. The first-order valence-electron chi connectivity index (χ1n) is 7.43. The summed E-state index contributed by atoms with van der Waals surface area (Å²) in [4.78, 5) is 0. The van der Waals surface area contributed by atoms with Crippen molar-refractivity contribution in [3.63, 3.8) is 0 Å². The minimum absolute atomic E-state index is 0.305. The number of ether oxygens (including phenoxy) is 3. The van der Waals surface area contributed by atoms with Crippen LogP contribution >= 0.6 is 0 Å². The van der Waals surface area contributed by atoms with Gasteiger partial charge in [-0.1, -0.05) is 0 Å². The standard InChI is InChI=1S/C16H21N3O3/c1-12(11-19-5-3-4-18-19)17-10-13-8-14(20-2)16-15(9-13)21-6-7-22-16/h3-5,8-9,12,17H,6-7,10-11H2,1-2H3/t12-/m0/s1. The summed E-state index contributed by atoms with van der Waals surface area (Å²) in [5.74, 6) is 2.16. The molecule has 0 radical (unpaired) electrons. The van der Waals surface area contributed by atoms with Crippen molar-refractivity contribution in [2.45, 2.75) is 26.1 Å². The lowest BCUT2D eigenvalue weighted by molar-refractivity contribution is 0.165. The molecule has 3 rings (SSSR count). The Bertz CT molecular complexity index is 596. The van der Waals surface area contributed by atoms with E-state index in [1.807, 2.05) is 29.1 Å². The van der Waals surface area contributed by atoms with E-state index in [4.69, 9.17) is 14.2 Å². The molecular weight excluding hydrogens is 282 g/mol. The Labute approximate surface area is 130 Å². The van der Waals surface area contributed by atoms with Gasteiger partial charge in [-0.25, -0.2) is 0 Å². The number of hydrogen-bond acceptors (Lipinski definition) is 5. The summed E-state index contributed by atoms with van der Waals surface area (Å²) in [5, 5.41) is 7.70. The van der Waals surface area contributed by atoms with Crippen LogP contribution in [0, 0.1) is 0 Å². The second-order valence-electron chi connectivity index (χ2n) is 5.33. The average molecular weight is 303 g/mol. The van der Waals surface area contributed by atoms with Gasteiger partial charge in [0.15, 0.2) is 11.5 Å². The molecule has 1 aromatic heterocycles. The van der Waals surface area contributed by atoms with Crippen molar-refractivity contribution in [3.05, 3.63) is 36.2 Å². The lowest BCUT2D eigenvalue weighted by Gasteiger charge is -2.22. The van der Waals surface area contributed by atoms with Gasteiger partial charge in [0.05, 0.1) is 13.7 Å². The van der Waals surface area contributed by atoms with Crippen LogP contribution in [0.5, 0.6) is 17.2 Å². The molecule has 0 saturated carbocycles. The number of rotatable bonds is 6. The lowest BCUT2D eigenvalue weighted by atomic mass is 10.1. The molecule has 2 heterocycles. The van der Waals surface area contributed by atoms with Gasteiger partial charge < -0.3 is 19.5 Å². The fourth-order valence-electron chi connectivity index (χ4n) is 2.48. The molecule has 1 aliphatic heterocycles. The maximum Gasteiger partial charge on any atom is 0.203 e. The Kier molecular flexibility index (Phi) is 4.48. The van der Waals surface area contributed by atoms with Gasteiger partial charge in [0.2, 0.25) is 5.75 Å². The van der Waals surface area contributed by atoms with Gasteiger partial charge in [0, 0.05) is 25.0 Å². The van der Waals surface area contributed by atoms with Crippen LogP contribution in [0.1, 0.15) is 12.5 Å². The molecule has 0 unspecified atom stereocenters. The summed E-state index contributed by atoms with van der Waals surface area (Å²) >= 11 is 0. The van der Waals surface area contributed by atoms with Gasteiger partial charge in [0.25, 0.3) is 0 Å². The highest BCUT2D eigenvalue weighted by Crippen LogP contribution is 2.40. The summed E-state index contributed by atoms with van der Waals surface area (Å²) in [7, 11) is 1.64. The van der Waals surface area contributed by atoms with Gasteiger partial charge in [-0.05, 0) is 30.7 Å². The Morgan fingerprint density at radius 3 is 3.00 bits per heavy atom. The zero-order valence-electron chi connectivity index (χ0n) is 12.9. The second kappa shape index (κ2) is 6.70. The molecule has 6 nitrogen and oxygen atoms in total. The number of nitrogens with one attached hydrogen (secondary N) is 1. The van der Waals surface area contributed by atoms with E-state index in [0.717, 1.165) is 24.4 Å². The van der Waals surface area contributed by atoms with Crippen molar-refractivity contribution in [1.29, 1.82) is 0 Å². The fraction of sp³-hybridized carbons (Fsp3) is 0.438. The zero-order valence-corrected chi connectivity index (χ0v) is 12.9. The summed E-state index contributed by atoms with van der Waals surface area (Å²) < 4.78 is 18.6. The Morgan fingerprint density at radius 2 is 2.23 bits per heavy atom. The number of benzene rings is 1. The third-order valence-electron chi connectivity index (χ3n) is 3.56. The van der Waals surface area contributed by atoms with E-state index >= 15 is 0 Å². The van der Waals surface area contributed by atoms with Gasteiger partial charge in [-0.2, -0.15) is 5.10 Å². The molecule has 0 aliphatic carbocycles. The molecule has 1 N–H and O–H groups in total. The second-order valence-corrected chi connectivity index (χ2v) is 5.33. The van der Waals surface area contributed by atoms with Crippen LogP contribution in [-0.4, -0.2) is 36.1 Å². The van der Waals surface area contributed by atoms with E-state index in [9.17, 15) is 0 Å². The van der Waals surface area contributed by atoms with Gasteiger partial charge in [-0.15, -0.1) is 0 Å². The molecule has 0 fully saturated rings. The molecule has 22 heavy (non-hydrogen) atoms. The molecule has 0 bridgehead atoms. The topological polar surface area (TPSA) is 57.5 Å². The maximum atomic E-state index is 5.65. The van der Waals surface area contributed by atoms with Crippen LogP contribution < -0.4 is 19.5 Å². The summed E-state index contributed by atoms with van der Waals surface area (Å²) in [6.07, 6.45) is 3.75. The maximum absolute atomic E-state index is 5.65. The molecule has 1 aromatic carbocycles. The highest BCUT2D eigenvalue weighted by Gasteiger charge is 2.18. The van der Waals surface area contributed by atoms with Crippen molar-refractivity contribution in [3.8, 4) is 17.2 Å². The van der Waals surface area contributed by atoms with E-state index in [-0.39, 0.29) is 0 Å². The van der Waals surface area contributed by atoms with Crippen LogP contribution in [0.2, 0.25) is 0 Å². The van der Waals surface area contributed by atoms with Crippen LogP contribution in [0.15, 0.2) is 30.6 Å². The number of aromatic nitrogens is 2. The SMILES string of the molecule is COc1cc(CN[C@@H](C)Cn2cccn2)cc2c1OCCO2. The Balaban J connectivity index is 1.64. The number of methoxy groups -OCH3 is 1. The minimum atomic E-state index is 0.305. The summed E-state index contributed by atoms with van der Waals surface area (Å²) in [6, 6.07) is 6.23. The first-order valence-corrected chi connectivity index (χ1v) is 7.43.